The Balaban J connectivity index is 1.28. The van der Waals surface area contributed by atoms with Crippen molar-refractivity contribution in [2.75, 3.05) is 6.54 Å². The molecule has 2 aliphatic carbocycles. The Kier molecular flexibility index (Phi) is 4.77. The fourth-order valence-electron chi connectivity index (χ4n) is 5.29. The number of aliphatic carboxylic acids is 1. The number of rotatable bonds is 5. The Bertz CT molecular complexity index is 958. The smallest absolute Gasteiger partial charge is 0.324 e. The van der Waals surface area contributed by atoms with E-state index < -0.39 is 11.5 Å². The molecule has 0 radical (unpaired) electrons. The van der Waals surface area contributed by atoms with Crippen molar-refractivity contribution in [3.05, 3.63) is 63.1 Å². The zero-order valence-electron chi connectivity index (χ0n) is 16.0. The number of piperidine rings is 1. The van der Waals surface area contributed by atoms with Crippen LogP contribution in [0.25, 0.3) is 0 Å². The molecule has 1 saturated carbocycles. The van der Waals surface area contributed by atoms with E-state index in [1.807, 2.05) is 24.3 Å². The molecule has 4 nitrogen and oxygen atoms in total. The molecule has 6 heteroatoms. The van der Waals surface area contributed by atoms with Gasteiger partial charge in [-0.25, -0.2) is 0 Å². The maximum Gasteiger partial charge on any atom is 0.324 e. The first-order valence-electron chi connectivity index (χ1n) is 10.2. The molecule has 0 bridgehead atoms. The summed E-state index contributed by atoms with van der Waals surface area (Å²) in [6.07, 6.45) is 4.69. The number of hydrogen-bond donors (Lipinski definition) is 1. The van der Waals surface area contributed by atoms with Crippen LogP contribution in [0.3, 0.4) is 0 Å². The second-order valence-electron chi connectivity index (χ2n) is 8.43. The number of likely N-dealkylation sites (tertiary alicyclic amines) is 1. The van der Waals surface area contributed by atoms with Gasteiger partial charge in [0.1, 0.15) is 17.9 Å². The first kappa shape index (κ1) is 19.2. The summed E-state index contributed by atoms with van der Waals surface area (Å²) in [4.78, 5) is 14.2. The van der Waals surface area contributed by atoms with E-state index in [1.165, 1.54) is 11.1 Å². The molecule has 29 heavy (non-hydrogen) atoms. The topological polar surface area (TPSA) is 49.8 Å². The van der Waals surface area contributed by atoms with Gasteiger partial charge in [-0.15, -0.1) is 0 Å². The SMILES string of the molecule is O=C(O)C12CC1CCN2C1CCc2cc(OCc3c(Cl)cccc3Cl)ccc2C1. The number of carbonyl (C=O) groups is 1. The summed E-state index contributed by atoms with van der Waals surface area (Å²) in [5.41, 5.74) is 2.81. The molecule has 0 aromatic heterocycles. The van der Waals surface area contributed by atoms with Crippen LogP contribution in [0, 0.1) is 5.92 Å². The van der Waals surface area contributed by atoms with Crippen molar-refractivity contribution >= 4 is 29.2 Å². The van der Waals surface area contributed by atoms with Gasteiger partial charge in [0.05, 0.1) is 0 Å². The number of carboxylic acids is 1. The number of halogens is 2. The normalized spacial score (nSPS) is 27.9. The molecule has 0 amide bonds. The number of hydrogen-bond acceptors (Lipinski definition) is 3. The van der Waals surface area contributed by atoms with Crippen molar-refractivity contribution in [1.29, 1.82) is 0 Å². The van der Waals surface area contributed by atoms with Crippen molar-refractivity contribution in [3.8, 4) is 5.75 Å². The summed E-state index contributed by atoms with van der Waals surface area (Å²) >= 11 is 12.5. The van der Waals surface area contributed by atoms with Crippen LogP contribution in [0.1, 0.15) is 36.0 Å². The van der Waals surface area contributed by atoms with Crippen LogP contribution in [-0.2, 0) is 24.2 Å². The van der Waals surface area contributed by atoms with E-state index in [0.29, 0.717) is 28.6 Å². The highest BCUT2D eigenvalue weighted by Crippen LogP contribution is 2.57. The van der Waals surface area contributed by atoms with Gasteiger partial charge in [-0.3, -0.25) is 9.69 Å². The van der Waals surface area contributed by atoms with E-state index in [4.69, 9.17) is 27.9 Å². The van der Waals surface area contributed by atoms with Gasteiger partial charge in [0, 0.05) is 21.7 Å². The minimum Gasteiger partial charge on any atom is -0.489 e. The van der Waals surface area contributed by atoms with Gasteiger partial charge >= 0.3 is 5.97 Å². The highest BCUT2D eigenvalue weighted by atomic mass is 35.5. The minimum absolute atomic E-state index is 0.319. The third-order valence-electron chi connectivity index (χ3n) is 6.94. The van der Waals surface area contributed by atoms with Gasteiger partial charge in [-0.2, -0.15) is 0 Å². The van der Waals surface area contributed by atoms with Gasteiger partial charge in [-0.1, -0.05) is 35.3 Å². The third-order valence-corrected chi connectivity index (χ3v) is 7.65. The summed E-state index contributed by atoms with van der Waals surface area (Å²) in [6, 6.07) is 12.0. The largest absolute Gasteiger partial charge is 0.489 e. The summed E-state index contributed by atoms with van der Waals surface area (Å²) in [5.74, 6) is 0.533. The monoisotopic (exact) mass is 431 g/mol. The van der Waals surface area contributed by atoms with Crippen molar-refractivity contribution in [2.45, 2.75) is 50.3 Å². The highest BCUT2D eigenvalue weighted by Gasteiger charge is 2.68. The Labute approximate surface area is 180 Å². The first-order chi connectivity index (χ1) is 14.0. The summed E-state index contributed by atoms with van der Waals surface area (Å²) < 4.78 is 5.96. The van der Waals surface area contributed by atoms with Gasteiger partial charge in [-0.05, 0) is 80.0 Å². The predicted octanol–water partition coefficient (Wildman–Crippen LogP) is 4.98. The fourth-order valence-corrected chi connectivity index (χ4v) is 5.80. The van der Waals surface area contributed by atoms with Crippen LogP contribution >= 0.6 is 23.2 Å². The average Bonchev–Trinajstić information content (AvgIpc) is 3.33. The molecule has 2 fully saturated rings. The quantitative estimate of drug-likeness (QED) is 0.724. The lowest BCUT2D eigenvalue weighted by Crippen LogP contribution is -2.49. The van der Waals surface area contributed by atoms with Gasteiger partial charge in [0.25, 0.3) is 0 Å². The van der Waals surface area contributed by atoms with Crippen LogP contribution in [0.4, 0.5) is 0 Å². The van der Waals surface area contributed by atoms with Gasteiger partial charge < -0.3 is 9.84 Å². The standard InChI is InChI=1S/C23H23Cl2NO3/c24-20-2-1-3-21(25)19(20)13-29-18-7-5-14-10-17(6-4-15(14)11-18)26-9-8-16-12-23(16,26)22(27)28/h1-3,5,7,11,16-17H,4,6,8-10,12-13H2,(H,27,28). The summed E-state index contributed by atoms with van der Waals surface area (Å²) in [5, 5.41) is 11.0. The molecular formula is C23H23Cl2NO3. The molecular weight excluding hydrogens is 409 g/mol. The van der Waals surface area contributed by atoms with Crippen LogP contribution in [0.2, 0.25) is 10.0 Å². The molecule has 3 unspecified atom stereocenters. The molecule has 2 aromatic rings. The zero-order chi connectivity index (χ0) is 20.2. The van der Waals surface area contributed by atoms with E-state index in [2.05, 4.69) is 17.0 Å². The molecule has 1 aliphatic heterocycles. The fraction of sp³-hybridized carbons (Fsp3) is 0.435. The molecule has 0 spiro atoms. The van der Waals surface area contributed by atoms with E-state index in [1.54, 1.807) is 0 Å². The van der Waals surface area contributed by atoms with Crippen LogP contribution in [0.15, 0.2) is 36.4 Å². The molecule has 1 heterocycles. The van der Waals surface area contributed by atoms with Crippen molar-refractivity contribution in [3.63, 3.8) is 0 Å². The number of fused-ring (bicyclic) bond motifs is 2. The second-order valence-corrected chi connectivity index (χ2v) is 9.24. The molecule has 3 aliphatic rings. The van der Waals surface area contributed by atoms with Gasteiger partial charge in [0.2, 0.25) is 0 Å². The van der Waals surface area contributed by atoms with E-state index in [9.17, 15) is 9.90 Å². The molecule has 152 valence electrons. The Morgan fingerprint density at radius 3 is 2.69 bits per heavy atom. The maximum atomic E-state index is 11.9. The molecule has 2 aromatic carbocycles. The lowest BCUT2D eigenvalue weighted by molar-refractivity contribution is -0.145. The van der Waals surface area contributed by atoms with Crippen molar-refractivity contribution in [1.82, 2.24) is 4.90 Å². The van der Waals surface area contributed by atoms with Crippen LogP contribution in [-0.4, -0.2) is 34.1 Å². The number of ether oxygens (including phenoxy) is 1. The minimum atomic E-state index is -0.632. The second kappa shape index (κ2) is 7.19. The van der Waals surface area contributed by atoms with Crippen LogP contribution in [0.5, 0.6) is 5.75 Å². The van der Waals surface area contributed by atoms with Crippen molar-refractivity contribution < 1.29 is 14.6 Å². The highest BCUT2D eigenvalue weighted by molar-refractivity contribution is 6.35. The van der Waals surface area contributed by atoms with Gasteiger partial charge in [0.15, 0.2) is 0 Å². The predicted molar refractivity (Wildman–Crippen MR) is 113 cm³/mol. The number of nitrogens with zero attached hydrogens (tertiary/aromatic N) is 1. The number of carboxylic acid groups (broad SMARTS) is 1. The van der Waals surface area contributed by atoms with E-state index >= 15 is 0 Å². The average molecular weight is 432 g/mol. The maximum absolute atomic E-state index is 11.9. The zero-order valence-corrected chi connectivity index (χ0v) is 17.5. The van der Waals surface area contributed by atoms with E-state index in [0.717, 1.165) is 50.0 Å². The lowest BCUT2D eigenvalue weighted by atomic mass is 9.86. The Morgan fingerprint density at radius 1 is 1.17 bits per heavy atom. The molecule has 1 N–H and O–H groups in total. The molecule has 5 rings (SSSR count). The molecule has 1 saturated heterocycles. The molecule has 3 atom stereocenters. The first-order valence-corrected chi connectivity index (χ1v) is 10.9. The van der Waals surface area contributed by atoms with Crippen LogP contribution < -0.4 is 4.74 Å². The number of benzene rings is 2. The Hall–Kier alpha value is -1.75. The lowest BCUT2D eigenvalue weighted by Gasteiger charge is -2.37. The summed E-state index contributed by atoms with van der Waals surface area (Å²) in [7, 11) is 0. The van der Waals surface area contributed by atoms with Crippen molar-refractivity contribution in [2.24, 2.45) is 5.92 Å². The van der Waals surface area contributed by atoms with E-state index in [-0.39, 0.29) is 0 Å². The number of aryl methyl sites for hydroxylation is 1. The Morgan fingerprint density at radius 2 is 1.97 bits per heavy atom. The summed E-state index contributed by atoms with van der Waals surface area (Å²) in [6.45, 7) is 1.24. The third kappa shape index (κ3) is 3.22.